The fraction of sp³-hybridized carbons (Fsp3) is 0.133. The van der Waals surface area contributed by atoms with Gasteiger partial charge in [0.25, 0.3) is 0 Å². The summed E-state index contributed by atoms with van der Waals surface area (Å²) in [5.41, 5.74) is 1.80. The standard InChI is InChI=1S/C15H12Cl3FN2S/c16-11-3-1-9(5-12(11)17)7-20-15(22)21-8-10-2-4-14(19)13(18)6-10/h1-6H,7-8H2,(H2,20,21,22). The summed E-state index contributed by atoms with van der Waals surface area (Å²) in [6, 6.07) is 9.91. The lowest BCUT2D eigenvalue weighted by atomic mass is 10.2. The molecule has 2 rings (SSSR count). The molecule has 0 bridgehead atoms. The van der Waals surface area contributed by atoms with Crippen LogP contribution in [0.15, 0.2) is 36.4 Å². The van der Waals surface area contributed by atoms with Crippen LogP contribution in [0.3, 0.4) is 0 Å². The van der Waals surface area contributed by atoms with Crippen LogP contribution in [-0.2, 0) is 13.1 Å². The first kappa shape index (κ1) is 17.3. The highest BCUT2D eigenvalue weighted by molar-refractivity contribution is 7.80. The van der Waals surface area contributed by atoms with Crippen LogP contribution in [0.1, 0.15) is 11.1 Å². The fourth-order valence-corrected chi connectivity index (χ4v) is 2.39. The average molecular weight is 378 g/mol. The third-order valence-electron chi connectivity index (χ3n) is 2.87. The summed E-state index contributed by atoms with van der Waals surface area (Å²) in [6.07, 6.45) is 0. The van der Waals surface area contributed by atoms with Gasteiger partial charge in [-0.1, -0.05) is 46.9 Å². The minimum Gasteiger partial charge on any atom is -0.359 e. The Morgan fingerprint density at radius 2 is 1.41 bits per heavy atom. The van der Waals surface area contributed by atoms with Gasteiger partial charge in [-0.05, 0) is 47.6 Å². The number of hydrogen-bond acceptors (Lipinski definition) is 1. The van der Waals surface area contributed by atoms with Crippen LogP contribution in [-0.4, -0.2) is 5.11 Å². The summed E-state index contributed by atoms with van der Waals surface area (Å²) in [7, 11) is 0. The van der Waals surface area contributed by atoms with E-state index in [-0.39, 0.29) is 5.02 Å². The number of thiocarbonyl (C=S) groups is 1. The summed E-state index contributed by atoms with van der Waals surface area (Å²) in [5.74, 6) is -0.439. The van der Waals surface area contributed by atoms with Gasteiger partial charge in [-0.2, -0.15) is 0 Å². The predicted molar refractivity (Wildman–Crippen MR) is 94.1 cm³/mol. The highest BCUT2D eigenvalue weighted by atomic mass is 35.5. The molecule has 0 saturated carbocycles. The fourth-order valence-electron chi connectivity index (χ4n) is 1.73. The first-order valence-corrected chi connectivity index (χ1v) is 7.89. The van der Waals surface area contributed by atoms with Crippen molar-refractivity contribution < 1.29 is 4.39 Å². The van der Waals surface area contributed by atoms with Crippen molar-refractivity contribution in [3.63, 3.8) is 0 Å². The van der Waals surface area contributed by atoms with Crippen molar-refractivity contribution in [1.29, 1.82) is 0 Å². The van der Waals surface area contributed by atoms with Crippen LogP contribution in [0.5, 0.6) is 0 Å². The molecule has 22 heavy (non-hydrogen) atoms. The molecule has 0 saturated heterocycles. The maximum Gasteiger partial charge on any atom is 0.166 e. The van der Waals surface area contributed by atoms with Gasteiger partial charge in [0, 0.05) is 13.1 Å². The maximum atomic E-state index is 13.1. The first-order chi connectivity index (χ1) is 10.5. The van der Waals surface area contributed by atoms with Crippen LogP contribution in [0.2, 0.25) is 15.1 Å². The molecule has 0 atom stereocenters. The lowest BCUT2D eigenvalue weighted by Gasteiger charge is -2.11. The molecule has 0 aromatic heterocycles. The third-order valence-corrected chi connectivity index (χ3v) is 4.19. The zero-order valence-corrected chi connectivity index (χ0v) is 14.4. The Morgan fingerprint density at radius 1 is 0.864 bits per heavy atom. The lowest BCUT2D eigenvalue weighted by molar-refractivity contribution is 0.627. The normalized spacial score (nSPS) is 10.4. The smallest absolute Gasteiger partial charge is 0.166 e. The maximum absolute atomic E-state index is 13.1. The van der Waals surface area contributed by atoms with Crippen molar-refractivity contribution >= 4 is 52.1 Å². The second-order valence-corrected chi connectivity index (χ2v) is 6.16. The molecule has 0 amide bonds. The molecular formula is C15H12Cl3FN2S. The molecule has 0 aliphatic rings. The van der Waals surface area contributed by atoms with E-state index in [0.717, 1.165) is 11.1 Å². The SMILES string of the molecule is Fc1ccc(CNC(=S)NCc2ccc(Cl)c(Cl)c2)cc1Cl. The average Bonchev–Trinajstić information content (AvgIpc) is 2.49. The van der Waals surface area contributed by atoms with E-state index in [9.17, 15) is 4.39 Å². The van der Waals surface area contributed by atoms with Crippen molar-refractivity contribution in [3.8, 4) is 0 Å². The molecule has 0 radical (unpaired) electrons. The van der Waals surface area contributed by atoms with Crippen molar-refractivity contribution in [2.24, 2.45) is 0 Å². The van der Waals surface area contributed by atoms with Gasteiger partial charge in [-0.25, -0.2) is 4.39 Å². The summed E-state index contributed by atoms with van der Waals surface area (Å²) >= 11 is 22.7. The second-order valence-electron chi connectivity index (χ2n) is 4.53. The zero-order chi connectivity index (χ0) is 16.1. The van der Waals surface area contributed by atoms with Crippen LogP contribution < -0.4 is 10.6 Å². The largest absolute Gasteiger partial charge is 0.359 e. The predicted octanol–water partition coefficient (Wildman–Crippen LogP) is 4.95. The van der Waals surface area contributed by atoms with E-state index in [4.69, 9.17) is 47.0 Å². The van der Waals surface area contributed by atoms with Gasteiger partial charge in [0.2, 0.25) is 0 Å². The molecule has 0 fully saturated rings. The van der Waals surface area contributed by atoms with Crippen LogP contribution >= 0.6 is 47.0 Å². The van der Waals surface area contributed by atoms with Gasteiger partial charge < -0.3 is 10.6 Å². The minimum atomic E-state index is -0.439. The molecule has 2 aromatic rings. The van der Waals surface area contributed by atoms with E-state index in [2.05, 4.69) is 10.6 Å². The number of rotatable bonds is 4. The van der Waals surface area contributed by atoms with Crippen molar-refractivity contribution in [2.45, 2.75) is 13.1 Å². The summed E-state index contributed by atoms with van der Waals surface area (Å²) in [6.45, 7) is 0.972. The highest BCUT2D eigenvalue weighted by Crippen LogP contribution is 2.22. The van der Waals surface area contributed by atoms with Gasteiger partial charge in [0.1, 0.15) is 5.82 Å². The molecule has 2 nitrogen and oxygen atoms in total. The van der Waals surface area contributed by atoms with Crippen LogP contribution in [0, 0.1) is 5.82 Å². The summed E-state index contributed by atoms with van der Waals surface area (Å²) in [4.78, 5) is 0. The summed E-state index contributed by atoms with van der Waals surface area (Å²) < 4.78 is 13.1. The first-order valence-electron chi connectivity index (χ1n) is 6.35. The van der Waals surface area contributed by atoms with Crippen molar-refractivity contribution in [2.75, 3.05) is 0 Å². The van der Waals surface area contributed by atoms with E-state index in [1.54, 1.807) is 24.3 Å². The number of halogens is 4. The Bertz CT molecular complexity index is 637. The zero-order valence-electron chi connectivity index (χ0n) is 11.3. The molecule has 0 heterocycles. The van der Waals surface area contributed by atoms with E-state index in [1.807, 2.05) is 6.07 Å². The van der Waals surface area contributed by atoms with E-state index in [0.29, 0.717) is 28.2 Å². The number of hydrogen-bond donors (Lipinski definition) is 2. The number of nitrogens with one attached hydrogen (secondary N) is 2. The highest BCUT2D eigenvalue weighted by Gasteiger charge is 2.03. The van der Waals surface area contributed by atoms with E-state index >= 15 is 0 Å². The Morgan fingerprint density at radius 3 is 1.95 bits per heavy atom. The molecule has 2 aromatic carbocycles. The monoisotopic (exact) mass is 376 g/mol. The van der Waals surface area contributed by atoms with Crippen molar-refractivity contribution in [1.82, 2.24) is 10.6 Å². The molecule has 0 unspecified atom stereocenters. The lowest BCUT2D eigenvalue weighted by Crippen LogP contribution is -2.34. The Balaban J connectivity index is 1.82. The Kier molecular flexibility index (Phi) is 6.26. The van der Waals surface area contributed by atoms with Gasteiger partial charge in [0.15, 0.2) is 5.11 Å². The van der Waals surface area contributed by atoms with Gasteiger partial charge >= 0.3 is 0 Å². The van der Waals surface area contributed by atoms with Gasteiger partial charge in [0.05, 0.1) is 15.1 Å². The molecule has 2 N–H and O–H groups in total. The second kappa shape index (κ2) is 7.97. The number of benzene rings is 2. The molecule has 0 aliphatic carbocycles. The molecule has 0 aliphatic heterocycles. The van der Waals surface area contributed by atoms with Crippen LogP contribution in [0.25, 0.3) is 0 Å². The molecule has 0 spiro atoms. The van der Waals surface area contributed by atoms with Crippen LogP contribution in [0.4, 0.5) is 4.39 Å². The quantitative estimate of drug-likeness (QED) is 0.737. The Hall–Kier alpha value is -1.07. The molecule has 7 heteroatoms. The van der Waals surface area contributed by atoms with E-state index in [1.165, 1.54) is 6.07 Å². The van der Waals surface area contributed by atoms with Gasteiger partial charge in [-0.15, -0.1) is 0 Å². The van der Waals surface area contributed by atoms with Gasteiger partial charge in [-0.3, -0.25) is 0 Å². The third kappa shape index (κ3) is 4.99. The summed E-state index contributed by atoms with van der Waals surface area (Å²) in [5, 5.41) is 7.66. The minimum absolute atomic E-state index is 0.0917. The van der Waals surface area contributed by atoms with E-state index < -0.39 is 5.82 Å². The van der Waals surface area contributed by atoms with Crippen molar-refractivity contribution in [3.05, 3.63) is 68.4 Å². The molecular weight excluding hydrogens is 366 g/mol. The topological polar surface area (TPSA) is 24.1 Å². The molecule has 116 valence electrons. The Labute approximate surface area is 148 Å².